The lowest BCUT2D eigenvalue weighted by atomic mass is 9.77. The second kappa shape index (κ2) is 2.89. The van der Waals surface area contributed by atoms with Gasteiger partial charge in [0.2, 0.25) is 0 Å². The fourth-order valence-corrected chi connectivity index (χ4v) is 1.76. The minimum absolute atomic E-state index is 0.334. The largest absolute Gasteiger partial charge is 0.390 e. The molecular formula is C8H17NO. The van der Waals surface area contributed by atoms with E-state index in [2.05, 4.69) is 0 Å². The average Bonchev–Trinajstić information content (AvgIpc) is 1.87. The number of rotatable bonds is 1. The molecule has 0 amide bonds. The van der Waals surface area contributed by atoms with Crippen molar-refractivity contribution in [2.24, 2.45) is 11.7 Å². The first-order valence-corrected chi connectivity index (χ1v) is 4.09. The number of hydrogen-bond donors (Lipinski definition) is 2. The van der Waals surface area contributed by atoms with Crippen LogP contribution in [0.1, 0.15) is 32.6 Å². The highest BCUT2D eigenvalue weighted by molar-refractivity contribution is 4.86. The van der Waals surface area contributed by atoms with Gasteiger partial charge in [-0.05, 0) is 32.2 Å². The molecule has 0 aromatic heterocycles. The lowest BCUT2D eigenvalue weighted by molar-refractivity contribution is -0.0277. The van der Waals surface area contributed by atoms with Crippen LogP contribution < -0.4 is 5.73 Å². The highest BCUT2D eigenvalue weighted by Gasteiger charge is 2.32. The van der Waals surface area contributed by atoms with Gasteiger partial charge in [-0.1, -0.05) is 12.8 Å². The van der Waals surface area contributed by atoms with Crippen LogP contribution in [-0.2, 0) is 0 Å². The number of aliphatic hydroxyl groups is 1. The molecule has 0 spiro atoms. The standard InChI is InChI=1S/C8H17NO/c1-8(10)5-3-2-4-7(8)6-9/h7,10H,2-6,9H2,1H3/t7-,8-/m0/s1. The molecule has 10 heavy (non-hydrogen) atoms. The maximum atomic E-state index is 9.75. The summed E-state index contributed by atoms with van der Waals surface area (Å²) in [6, 6.07) is 0. The molecule has 0 radical (unpaired) electrons. The molecule has 3 N–H and O–H groups in total. The maximum absolute atomic E-state index is 9.75. The van der Waals surface area contributed by atoms with Crippen molar-refractivity contribution in [1.82, 2.24) is 0 Å². The lowest BCUT2D eigenvalue weighted by Crippen LogP contribution is -2.41. The monoisotopic (exact) mass is 143 g/mol. The first-order chi connectivity index (χ1) is 4.67. The van der Waals surface area contributed by atoms with Crippen molar-refractivity contribution in [3.05, 3.63) is 0 Å². The molecule has 0 bridgehead atoms. The van der Waals surface area contributed by atoms with Crippen LogP contribution in [0.25, 0.3) is 0 Å². The Labute approximate surface area is 62.4 Å². The number of nitrogens with two attached hydrogens (primary N) is 1. The van der Waals surface area contributed by atoms with Gasteiger partial charge in [0, 0.05) is 0 Å². The van der Waals surface area contributed by atoms with E-state index in [1.807, 2.05) is 6.92 Å². The summed E-state index contributed by atoms with van der Waals surface area (Å²) in [4.78, 5) is 0. The lowest BCUT2D eigenvalue weighted by Gasteiger charge is -2.36. The molecule has 1 fully saturated rings. The molecule has 0 heterocycles. The van der Waals surface area contributed by atoms with Crippen LogP contribution in [0.4, 0.5) is 0 Å². The summed E-state index contributed by atoms with van der Waals surface area (Å²) in [5.74, 6) is 0.334. The maximum Gasteiger partial charge on any atom is 0.0659 e. The van der Waals surface area contributed by atoms with Crippen molar-refractivity contribution in [2.45, 2.75) is 38.2 Å². The van der Waals surface area contributed by atoms with Gasteiger partial charge in [0.15, 0.2) is 0 Å². The van der Waals surface area contributed by atoms with Crippen molar-refractivity contribution < 1.29 is 5.11 Å². The van der Waals surface area contributed by atoms with Crippen molar-refractivity contribution in [1.29, 1.82) is 0 Å². The molecule has 2 atom stereocenters. The topological polar surface area (TPSA) is 46.2 Å². The summed E-state index contributed by atoms with van der Waals surface area (Å²) >= 11 is 0. The zero-order valence-electron chi connectivity index (χ0n) is 6.64. The van der Waals surface area contributed by atoms with Crippen LogP contribution in [0.5, 0.6) is 0 Å². The Kier molecular flexibility index (Phi) is 2.32. The molecule has 1 aliphatic carbocycles. The fourth-order valence-electron chi connectivity index (χ4n) is 1.76. The summed E-state index contributed by atoms with van der Waals surface area (Å²) in [6.07, 6.45) is 4.42. The highest BCUT2D eigenvalue weighted by atomic mass is 16.3. The highest BCUT2D eigenvalue weighted by Crippen LogP contribution is 2.32. The van der Waals surface area contributed by atoms with E-state index in [-0.39, 0.29) is 0 Å². The van der Waals surface area contributed by atoms with E-state index in [0.29, 0.717) is 12.5 Å². The zero-order valence-corrected chi connectivity index (χ0v) is 6.64. The van der Waals surface area contributed by atoms with E-state index in [4.69, 9.17) is 5.73 Å². The van der Waals surface area contributed by atoms with E-state index in [9.17, 15) is 5.11 Å². The van der Waals surface area contributed by atoms with Gasteiger partial charge in [0.1, 0.15) is 0 Å². The third kappa shape index (κ3) is 1.50. The van der Waals surface area contributed by atoms with E-state index in [0.717, 1.165) is 19.3 Å². The second-order valence-electron chi connectivity index (χ2n) is 3.54. The minimum atomic E-state index is -0.479. The van der Waals surface area contributed by atoms with Gasteiger partial charge >= 0.3 is 0 Å². The molecule has 1 rings (SSSR count). The average molecular weight is 143 g/mol. The molecule has 0 unspecified atom stereocenters. The molecule has 2 nitrogen and oxygen atoms in total. The zero-order chi connectivity index (χ0) is 7.61. The Hall–Kier alpha value is -0.0800. The van der Waals surface area contributed by atoms with Gasteiger partial charge in [-0.25, -0.2) is 0 Å². The Morgan fingerprint density at radius 2 is 2.30 bits per heavy atom. The van der Waals surface area contributed by atoms with Gasteiger partial charge in [-0.15, -0.1) is 0 Å². The molecular weight excluding hydrogens is 126 g/mol. The number of hydrogen-bond acceptors (Lipinski definition) is 2. The summed E-state index contributed by atoms with van der Waals surface area (Å²) in [6.45, 7) is 2.54. The smallest absolute Gasteiger partial charge is 0.0659 e. The van der Waals surface area contributed by atoms with Crippen LogP contribution in [0.2, 0.25) is 0 Å². The van der Waals surface area contributed by atoms with Crippen molar-refractivity contribution in [2.75, 3.05) is 6.54 Å². The third-order valence-electron chi connectivity index (χ3n) is 2.65. The molecule has 0 saturated heterocycles. The molecule has 0 aromatic carbocycles. The predicted molar refractivity (Wildman–Crippen MR) is 41.6 cm³/mol. The van der Waals surface area contributed by atoms with Gasteiger partial charge in [0.25, 0.3) is 0 Å². The summed E-state index contributed by atoms with van der Waals surface area (Å²) in [7, 11) is 0. The van der Waals surface area contributed by atoms with Crippen LogP contribution in [0.15, 0.2) is 0 Å². The first kappa shape index (κ1) is 8.02. The minimum Gasteiger partial charge on any atom is -0.390 e. The van der Waals surface area contributed by atoms with Gasteiger partial charge in [-0.3, -0.25) is 0 Å². The van der Waals surface area contributed by atoms with E-state index >= 15 is 0 Å². The summed E-state index contributed by atoms with van der Waals surface area (Å²) < 4.78 is 0. The third-order valence-corrected chi connectivity index (χ3v) is 2.65. The van der Waals surface area contributed by atoms with Gasteiger partial charge in [-0.2, -0.15) is 0 Å². The molecule has 2 heteroatoms. The van der Waals surface area contributed by atoms with Crippen molar-refractivity contribution in [3.63, 3.8) is 0 Å². The van der Waals surface area contributed by atoms with E-state index < -0.39 is 5.60 Å². The predicted octanol–water partition coefficient (Wildman–Crippen LogP) is 0.886. The van der Waals surface area contributed by atoms with Crippen LogP contribution in [0.3, 0.4) is 0 Å². The van der Waals surface area contributed by atoms with Crippen LogP contribution in [0, 0.1) is 5.92 Å². The van der Waals surface area contributed by atoms with Gasteiger partial charge < -0.3 is 10.8 Å². The molecule has 60 valence electrons. The van der Waals surface area contributed by atoms with E-state index in [1.165, 1.54) is 6.42 Å². The Morgan fingerprint density at radius 3 is 2.70 bits per heavy atom. The second-order valence-corrected chi connectivity index (χ2v) is 3.54. The summed E-state index contributed by atoms with van der Waals surface area (Å²) in [5.41, 5.74) is 5.04. The Morgan fingerprint density at radius 1 is 1.60 bits per heavy atom. The van der Waals surface area contributed by atoms with Crippen LogP contribution in [-0.4, -0.2) is 17.3 Å². The van der Waals surface area contributed by atoms with Crippen molar-refractivity contribution in [3.8, 4) is 0 Å². The Bertz CT molecular complexity index is 112. The summed E-state index contributed by atoms with van der Waals surface area (Å²) in [5, 5.41) is 9.75. The molecule has 0 aromatic rings. The molecule has 1 saturated carbocycles. The molecule has 0 aliphatic heterocycles. The fraction of sp³-hybridized carbons (Fsp3) is 1.00. The first-order valence-electron chi connectivity index (χ1n) is 4.09. The molecule has 1 aliphatic rings. The normalized spacial score (nSPS) is 41.7. The Balaban J connectivity index is 2.51. The van der Waals surface area contributed by atoms with Crippen molar-refractivity contribution >= 4 is 0 Å². The van der Waals surface area contributed by atoms with Crippen LogP contribution >= 0.6 is 0 Å². The SMILES string of the molecule is C[C@]1(O)CCCC[C@H]1CN. The van der Waals surface area contributed by atoms with Gasteiger partial charge in [0.05, 0.1) is 5.60 Å². The quantitative estimate of drug-likeness (QED) is 0.572. The van der Waals surface area contributed by atoms with E-state index in [1.54, 1.807) is 0 Å².